The number of carbonyl (C=O) groups is 2. The molecule has 0 spiro atoms. The van der Waals surface area contributed by atoms with Crippen LogP contribution in [0.15, 0.2) is 42.6 Å². The summed E-state index contributed by atoms with van der Waals surface area (Å²) in [5, 5.41) is 2.51. The summed E-state index contributed by atoms with van der Waals surface area (Å²) in [5.74, 6) is -1.82. The Morgan fingerprint density at radius 1 is 1.32 bits per heavy atom. The number of hydrogen-bond donors (Lipinski definition) is 1. The van der Waals surface area contributed by atoms with E-state index in [1.807, 2.05) is 0 Å². The smallest absolute Gasteiger partial charge is 0.357 e. The van der Waals surface area contributed by atoms with Gasteiger partial charge in [0.2, 0.25) is 0 Å². The van der Waals surface area contributed by atoms with E-state index in [0.717, 1.165) is 12.1 Å². The quantitative estimate of drug-likeness (QED) is 0.878. The molecule has 0 unspecified atom stereocenters. The minimum absolute atomic E-state index is 0.0524. The molecule has 0 fully saturated rings. The monoisotopic (exact) mass is 322 g/mol. The molecule has 0 bridgehead atoms. The maximum absolute atomic E-state index is 12.9. The van der Waals surface area contributed by atoms with Crippen molar-refractivity contribution in [1.29, 1.82) is 0 Å². The second-order valence-electron chi connectivity index (χ2n) is 4.38. The van der Waals surface area contributed by atoms with Gasteiger partial charge in [-0.3, -0.25) is 4.79 Å². The van der Waals surface area contributed by atoms with Gasteiger partial charge in [0.15, 0.2) is 6.10 Å². The van der Waals surface area contributed by atoms with E-state index in [1.54, 1.807) is 12.1 Å². The van der Waals surface area contributed by atoms with E-state index in [4.69, 9.17) is 16.3 Å². The van der Waals surface area contributed by atoms with E-state index < -0.39 is 23.8 Å². The number of carbonyl (C=O) groups excluding carboxylic acids is 2. The molecule has 114 valence electrons. The highest BCUT2D eigenvalue weighted by Gasteiger charge is 2.20. The van der Waals surface area contributed by atoms with E-state index in [2.05, 4.69) is 10.3 Å². The average Bonchev–Trinajstić information content (AvgIpc) is 2.50. The van der Waals surface area contributed by atoms with Crippen molar-refractivity contribution < 1.29 is 18.7 Å². The lowest BCUT2D eigenvalue weighted by Gasteiger charge is -2.14. The third kappa shape index (κ3) is 4.02. The van der Waals surface area contributed by atoms with Crippen LogP contribution < -0.4 is 5.32 Å². The molecule has 22 heavy (non-hydrogen) atoms. The summed E-state index contributed by atoms with van der Waals surface area (Å²) >= 11 is 5.81. The van der Waals surface area contributed by atoms with Crippen molar-refractivity contribution in [3.8, 4) is 0 Å². The highest BCUT2D eigenvalue weighted by atomic mass is 35.5. The van der Waals surface area contributed by atoms with E-state index in [9.17, 15) is 14.0 Å². The molecule has 1 heterocycles. The Kier molecular flexibility index (Phi) is 5.06. The van der Waals surface area contributed by atoms with Crippen LogP contribution in [0.2, 0.25) is 5.02 Å². The van der Waals surface area contributed by atoms with Gasteiger partial charge in [0.1, 0.15) is 11.5 Å². The molecule has 0 aliphatic carbocycles. The Bertz CT molecular complexity index is 694. The fraction of sp³-hybridized carbons (Fsp3) is 0.133. The number of ether oxygens (including phenoxy) is 1. The number of amides is 1. The van der Waals surface area contributed by atoms with Gasteiger partial charge >= 0.3 is 5.97 Å². The third-order valence-corrected chi connectivity index (χ3v) is 3.03. The van der Waals surface area contributed by atoms with Gasteiger partial charge in [-0.1, -0.05) is 17.7 Å². The number of benzene rings is 1. The van der Waals surface area contributed by atoms with Gasteiger partial charge in [0.25, 0.3) is 5.91 Å². The van der Waals surface area contributed by atoms with E-state index in [0.29, 0.717) is 0 Å². The van der Waals surface area contributed by atoms with E-state index in [-0.39, 0.29) is 16.4 Å². The number of nitrogens with zero attached hydrogens (tertiary/aromatic N) is 1. The van der Waals surface area contributed by atoms with Crippen LogP contribution in [0.1, 0.15) is 17.4 Å². The van der Waals surface area contributed by atoms with Crippen LogP contribution in [0, 0.1) is 5.82 Å². The highest BCUT2D eigenvalue weighted by molar-refractivity contribution is 6.33. The van der Waals surface area contributed by atoms with E-state index in [1.165, 1.54) is 25.3 Å². The standard InChI is InChI=1S/C15H12ClFN2O3/c1-9(22-15(21)13-4-2-3-7-18-13)14(20)19-12-6-5-10(17)8-11(12)16/h2-9H,1H3,(H,19,20)/t9-/m1/s1. The third-order valence-electron chi connectivity index (χ3n) is 2.72. The number of aromatic nitrogens is 1. The maximum atomic E-state index is 12.9. The second-order valence-corrected chi connectivity index (χ2v) is 4.78. The van der Waals surface area contributed by atoms with Crippen molar-refractivity contribution in [3.63, 3.8) is 0 Å². The number of nitrogens with one attached hydrogen (secondary N) is 1. The minimum atomic E-state index is -1.06. The lowest BCUT2D eigenvalue weighted by molar-refractivity contribution is -0.123. The summed E-state index contributed by atoms with van der Waals surface area (Å²) in [6.45, 7) is 1.41. The molecule has 5 nitrogen and oxygen atoms in total. The summed E-state index contributed by atoms with van der Waals surface area (Å²) in [4.78, 5) is 27.6. The van der Waals surface area contributed by atoms with Crippen LogP contribution in [0.5, 0.6) is 0 Å². The van der Waals surface area contributed by atoms with Crippen molar-refractivity contribution in [2.45, 2.75) is 13.0 Å². The first-order valence-corrected chi connectivity index (χ1v) is 6.73. The van der Waals surface area contributed by atoms with Crippen LogP contribution in [0.3, 0.4) is 0 Å². The Morgan fingerprint density at radius 2 is 2.09 bits per heavy atom. The first-order valence-electron chi connectivity index (χ1n) is 6.35. The molecule has 0 radical (unpaired) electrons. The zero-order chi connectivity index (χ0) is 16.1. The molecule has 7 heteroatoms. The number of esters is 1. The predicted molar refractivity (Wildman–Crippen MR) is 79.2 cm³/mol. The van der Waals surface area contributed by atoms with Gasteiger partial charge in [0, 0.05) is 6.20 Å². The van der Waals surface area contributed by atoms with Crippen molar-refractivity contribution in [2.75, 3.05) is 5.32 Å². The molecule has 1 aromatic carbocycles. The first kappa shape index (κ1) is 15.9. The Hall–Kier alpha value is -2.47. The number of anilines is 1. The van der Waals surface area contributed by atoms with Crippen LogP contribution in [-0.2, 0) is 9.53 Å². The molecule has 2 rings (SSSR count). The van der Waals surface area contributed by atoms with Crippen LogP contribution in [0.4, 0.5) is 10.1 Å². The normalized spacial score (nSPS) is 11.6. The topological polar surface area (TPSA) is 68.3 Å². The summed E-state index contributed by atoms with van der Waals surface area (Å²) in [5.41, 5.74) is 0.329. The summed E-state index contributed by atoms with van der Waals surface area (Å²) < 4.78 is 17.9. The zero-order valence-corrected chi connectivity index (χ0v) is 12.3. The van der Waals surface area contributed by atoms with Crippen molar-refractivity contribution in [2.24, 2.45) is 0 Å². The highest BCUT2D eigenvalue weighted by Crippen LogP contribution is 2.22. The number of hydrogen-bond acceptors (Lipinski definition) is 4. The van der Waals surface area contributed by atoms with Gasteiger partial charge in [-0.05, 0) is 37.3 Å². The van der Waals surface area contributed by atoms with Crippen molar-refractivity contribution in [1.82, 2.24) is 4.98 Å². The second kappa shape index (κ2) is 7.00. The Labute approximate surface area is 131 Å². The van der Waals surface area contributed by atoms with Gasteiger partial charge in [-0.15, -0.1) is 0 Å². The molecule has 0 saturated heterocycles. The number of rotatable bonds is 4. The van der Waals surface area contributed by atoms with Crippen molar-refractivity contribution in [3.05, 3.63) is 59.1 Å². The Morgan fingerprint density at radius 3 is 2.73 bits per heavy atom. The largest absolute Gasteiger partial charge is 0.448 e. The van der Waals surface area contributed by atoms with Crippen LogP contribution >= 0.6 is 11.6 Å². The van der Waals surface area contributed by atoms with Crippen LogP contribution in [-0.4, -0.2) is 23.0 Å². The zero-order valence-electron chi connectivity index (χ0n) is 11.5. The summed E-state index contributed by atoms with van der Waals surface area (Å²) in [6, 6.07) is 8.32. The molecule has 0 aliphatic heterocycles. The molecule has 2 aromatic rings. The van der Waals surface area contributed by atoms with Gasteiger partial charge in [0.05, 0.1) is 10.7 Å². The van der Waals surface area contributed by atoms with Gasteiger partial charge in [-0.25, -0.2) is 14.2 Å². The van der Waals surface area contributed by atoms with Gasteiger partial charge < -0.3 is 10.1 Å². The molecule has 0 aliphatic rings. The molecular weight excluding hydrogens is 311 g/mol. The molecular formula is C15H12ClFN2O3. The Balaban J connectivity index is 1.99. The molecule has 0 saturated carbocycles. The molecule has 1 amide bonds. The number of pyridine rings is 1. The molecule has 1 aromatic heterocycles. The fourth-order valence-corrected chi connectivity index (χ4v) is 1.80. The van der Waals surface area contributed by atoms with Gasteiger partial charge in [-0.2, -0.15) is 0 Å². The average molecular weight is 323 g/mol. The fourth-order valence-electron chi connectivity index (χ4n) is 1.58. The minimum Gasteiger partial charge on any atom is -0.448 e. The lowest BCUT2D eigenvalue weighted by atomic mass is 10.3. The molecule has 1 atom stereocenters. The first-order chi connectivity index (χ1) is 10.5. The maximum Gasteiger partial charge on any atom is 0.357 e. The van der Waals surface area contributed by atoms with Crippen molar-refractivity contribution >= 4 is 29.2 Å². The van der Waals surface area contributed by atoms with E-state index >= 15 is 0 Å². The summed E-state index contributed by atoms with van der Waals surface area (Å²) in [7, 11) is 0. The number of halogens is 2. The predicted octanol–water partition coefficient (Wildman–Crippen LogP) is 3.06. The van der Waals surface area contributed by atoms with Crippen LogP contribution in [0.25, 0.3) is 0 Å². The molecule has 1 N–H and O–H groups in total. The SMILES string of the molecule is C[C@@H](OC(=O)c1ccccn1)C(=O)Nc1ccc(F)cc1Cl. The lowest BCUT2D eigenvalue weighted by Crippen LogP contribution is -2.30. The summed E-state index contributed by atoms with van der Waals surface area (Å²) in [6.07, 6.45) is 0.384.